The molecule has 6 nitrogen and oxygen atoms in total. The van der Waals surface area contributed by atoms with Crippen molar-refractivity contribution in [1.29, 1.82) is 0 Å². The van der Waals surface area contributed by atoms with Crippen molar-refractivity contribution < 1.29 is 24.2 Å². The first kappa shape index (κ1) is 13.9. The number of nitrogens with zero attached hydrogens (tertiary/aromatic N) is 1. The molecule has 2 unspecified atom stereocenters. The molecule has 1 rings (SSSR count). The van der Waals surface area contributed by atoms with Crippen molar-refractivity contribution in [2.75, 3.05) is 27.3 Å². The first-order valence-electron chi connectivity index (χ1n) is 5.63. The summed E-state index contributed by atoms with van der Waals surface area (Å²) in [5.41, 5.74) is 0. The van der Waals surface area contributed by atoms with Crippen molar-refractivity contribution in [1.82, 2.24) is 4.90 Å². The smallest absolute Gasteiger partial charge is 0.303 e. The number of likely N-dealkylation sites (tertiary alicyclic amines) is 1. The summed E-state index contributed by atoms with van der Waals surface area (Å²) in [4.78, 5) is 23.8. The van der Waals surface area contributed by atoms with Gasteiger partial charge in [-0.25, -0.2) is 0 Å². The number of ether oxygens (including phenoxy) is 2. The van der Waals surface area contributed by atoms with E-state index in [0.717, 1.165) is 0 Å². The second-order valence-electron chi connectivity index (χ2n) is 4.09. The highest BCUT2D eigenvalue weighted by atomic mass is 16.5. The van der Waals surface area contributed by atoms with Crippen molar-refractivity contribution in [3.63, 3.8) is 0 Å². The molecule has 2 atom stereocenters. The van der Waals surface area contributed by atoms with E-state index in [4.69, 9.17) is 14.6 Å². The molecule has 0 aliphatic carbocycles. The highest BCUT2D eigenvalue weighted by Crippen LogP contribution is 2.17. The lowest BCUT2D eigenvalue weighted by molar-refractivity contribution is -0.137. The van der Waals surface area contributed by atoms with Crippen LogP contribution in [0.15, 0.2) is 0 Å². The Bertz CT molecular complexity index is 269. The quantitative estimate of drug-likeness (QED) is 0.719. The number of hydrogen-bond donors (Lipinski definition) is 1. The Morgan fingerprint density at radius 2 is 1.71 bits per heavy atom. The zero-order valence-electron chi connectivity index (χ0n) is 10.2. The van der Waals surface area contributed by atoms with E-state index in [0.29, 0.717) is 19.5 Å². The van der Waals surface area contributed by atoms with E-state index in [1.165, 1.54) is 0 Å². The molecule has 1 aliphatic rings. The Balaban J connectivity index is 2.36. The summed E-state index contributed by atoms with van der Waals surface area (Å²) in [6, 6.07) is 0. The summed E-state index contributed by atoms with van der Waals surface area (Å²) >= 11 is 0. The molecule has 0 saturated carbocycles. The van der Waals surface area contributed by atoms with Gasteiger partial charge in [-0.2, -0.15) is 0 Å². The molecule has 98 valence electrons. The average molecular weight is 245 g/mol. The maximum Gasteiger partial charge on any atom is 0.303 e. The van der Waals surface area contributed by atoms with Crippen LogP contribution in [0.4, 0.5) is 0 Å². The highest BCUT2D eigenvalue weighted by molar-refractivity contribution is 5.77. The van der Waals surface area contributed by atoms with Gasteiger partial charge in [0.05, 0.1) is 0 Å². The van der Waals surface area contributed by atoms with E-state index in [9.17, 15) is 9.59 Å². The molecular weight excluding hydrogens is 226 g/mol. The van der Waals surface area contributed by atoms with Crippen LogP contribution >= 0.6 is 0 Å². The van der Waals surface area contributed by atoms with Crippen LogP contribution < -0.4 is 0 Å². The van der Waals surface area contributed by atoms with Gasteiger partial charge in [0, 0.05) is 40.2 Å². The van der Waals surface area contributed by atoms with E-state index in [1.807, 2.05) is 0 Å². The zero-order chi connectivity index (χ0) is 12.8. The minimum absolute atomic E-state index is 0.0288. The van der Waals surface area contributed by atoms with Gasteiger partial charge < -0.3 is 19.5 Å². The van der Waals surface area contributed by atoms with E-state index in [2.05, 4.69) is 0 Å². The molecule has 1 fully saturated rings. The van der Waals surface area contributed by atoms with Gasteiger partial charge in [-0.1, -0.05) is 0 Å². The zero-order valence-corrected chi connectivity index (χ0v) is 10.2. The predicted octanol–water partition coefficient (Wildman–Crippen LogP) is 0.114. The lowest BCUT2D eigenvalue weighted by Gasteiger charge is -2.15. The molecular formula is C11H19NO5. The minimum atomic E-state index is -0.872. The molecule has 1 amide bonds. The van der Waals surface area contributed by atoms with Crippen LogP contribution in [0.2, 0.25) is 0 Å². The third-order valence-electron chi connectivity index (χ3n) is 2.95. The van der Waals surface area contributed by atoms with E-state index >= 15 is 0 Å². The van der Waals surface area contributed by atoms with Crippen LogP contribution in [-0.2, 0) is 19.1 Å². The van der Waals surface area contributed by atoms with Gasteiger partial charge in [-0.05, 0) is 6.42 Å². The minimum Gasteiger partial charge on any atom is -0.481 e. The van der Waals surface area contributed by atoms with Crippen LogP contribution in [0.25, 0.3) is 0 Å². The molecule has 1 heterocycles. The Labute approximate surface area is 100 Å². The SMILES string of the molecule is COC1CN(C(=O)CCCC(=O)O)CC1OC. The number of aliphatic carboxylic acids is 1. The van der Waals surface area contributed by atoms with E-state index in [1.54, 1.807) is 19.1 Å². The number of carbonyl (C=O) groups excluding carboxylic acids is 1. The van der Waals surface area contributed by atoms with Crippen LogP contribution in [0.3, 0.4) is 0 Å². The summed E-state index contributed by atoms with van der Waals surface area (Å²) in [6.07, 6.45) is 0.479. The number of hydrogen-bond acceptors (Lipinski definition) is 4. The number of amides is 1. The van der Waals surface area contributed by atoms with Crippen molar-refractivity contribution in [2.45, 2.75) is 31.5 Å². The van der Waals surface area contributed by atoms with Gasteiger partial charge in [0.15, 0.2) is 0 Å². The second-order valence-corrected chi connectivity index (χ2v) is 4.09. The van der Waals surface area contributed by atoms with Crippen LogP contribution in [-0.4, -0.2) is 61.4 Å². The molecule has 0 bridgehead atoms. The molecule has 0 aromatic carbocycles. The summed E-state index contributed by atoms with van der Waals surface area (Å²) < 4.78 is 10.4. The van der Waals surface area contributed by atoms with Gasteiger partial charge in [-0.15, -0.1) is 0 Å². The lowest BCUT2D eigenvalue weighted by atomic mass is 10.2. The third kappa shape index (κ3) is 3.98. The normalized spacial score (nSPS) is 24.0. The van der Waals surface area contributed by atoms with Crippen molar-refractivity contribution >= 4 is 11.9 Å². The monoisotopic (exact) mass is 245 g/mol. The number of methoxy groups -OCH3 is 2. The highest BCUT2D eigenvalue weighted by Gasteiger charge is 2.35. The van der Waals surface area contributed by atoms with Crippen molar-refractivity contribution in [3.8, 4) is 0 Å². The van der Waals surface area contributed by atoms with Gasteiger partial charge in [-0.3, -0.25) is 9.59 Å². The van der Waals surface area contributed by atoms with Gasteiger partial charge in [0.2, 0.25) is 5.91 Å². The lowest BCUT2D eigenvalue weighted by Crippen LogP contribution is -2.29. The Morgan fingerprint density at radius 1 is 1.18 bits per heavy atom. The van der Waals surface area contributed by atoms with Crippen LogP contribution in [0, 0.1) is 0 Å². The second kappa shape index (κ2) is 6.56. The number of carboxylic acid groups (broad SMARTS) is 1. The molecule has 0 aromatic rings. The fourth-order valence-corrected chi connectivity index (χ4v) is 1.95. The van der Waals surface area contributed by atoms with E-state index in [-0.39, 0.29) is 31.0 Å². The summed E-state index contributed by atoms with van der Waals surface area (Å²) in [5, 5.41) is 8.49. The molecule has 0 spiro atoms. The molecule has 1 saturated heterocycles. The maximum atomic E-state index is 11.8. The van der Waals surface area contributed by atoms with Crippen LogP contribution in [0.1, 0.15) is 19.3 Å². The predicted molar refractivity (Wildman–Crippen MR) is 59.7 cm³/mol. The number of carbonyl (C=O) groups is 2. The molecule has 0 radical (unpaired) electrons. The number of carboxylic acids is 1. The van der Waals surface area contributed by atoms with E-state index < -0.39 is 5.97 Å². The Kier molecular flexibility index (Phi) is 5.37. The average Bonchev–Trinajstić information content (AvgIpc) is 2.71. The Hall–Kier alpha value is -1.14. The van der Waals surface area contributed by atoms with Gasteiger partial charge in [0.25, 0.3) is 0 Å². The summed E-state index contributed by atoms with van der Waals surface area (Å²) in [7, 11) is 3.18. The van der Waals surface area contributed by atoms with Crippen molar-refractivity contribution in [3.05, 3.63) is 0 Å². The fraction of sp³-hybridized carbons (Fsp3) is 0.818. The third-order valence-corrected chi connectivity index (χ3v) is 2.95. The van der Waals surface area contributed by atoms with Gasteiger partial charge >= 0.3 is 5.97 Å². The largest absolute Gasteiger partial charge is 0.481 e. The van der Waals surface area contributed by atoms with Crippen molar-refractivity contribution in [2.24, 2.45) is 0 Å². The molecule has 17 heavy (non-hydrogen) atoms. The molecule has 6 heteroatoms. The number of rotatable bonds is 6. The first-order chi connectivity index (χ1) is 8.08. The fourth-order valence-electron chi connectivity index (χ4n) is 1.95. The maximum absolute atomic E-state index is 11.8. The molecule has 0 aromatic heterocycles. The summed E-state index contributed by atoms with van der Waals surface area (Å²) in [6.45, 7) is 1.03. The molecule has 1 aliphatic heterocycles. The standard InChI is InChI=1S/C11H19NO5/c1-16-8-6-12(7-9(8)17-2)10(13)4-3-5-11(14)15/h8-9H,3-7H2,1-2H3,(H,14,15). The first-order valence-corrected chi connectivity index (χ1v) is 5.63. The summed E-state index contributed by atoms with van der Waals surface area (Å²) in [5.74, 6) is -0.906. The van der Waals surface area contributed by atoms with Gasteiger partial charge in [0.1, 0.15) is 12.2 Å². The topological polar surface area (TPSA) is 76.1 Å². The Morgan fingerprint density at radius 3 is 2.12 bits per heavy atom. The molecule has 1 N–H and O–H groups in total. The van der Waals surface area contributed by atoms with Crippen LogP contribution in [0.5, 0.6) is 0 Å².